The topological polar surface area (TPSA) is 72.8 Å². The van der Waals surface area contributed by atoms with Gasteiger partial charge < -0.3 is 9.47 Å². The summed E-state index contributed by atoms with van der Waals surface area (Å²) >= 11 is 6.38. The zero-order chi connectivity index (χ0) is 19.2. The first kappa shape index (κ1) is 19.7. The van der Waals surface area contributed by atoms with Crippen LogP contribution in [0.4, 0.5) is 0 Å². The van der Waals surface area contributed by atoms with E-state index in [9.17, 15) is 4.79 Å². The number of methoxy groups -OCH3 is 2. The third-order valence-corrected chi connectivity index (χ3v) is 6.30. The number of hydrogen-bond acceptors (Lipinski definition) is 7. The molecule has 0 unspecified atom stereocenters. The summed E-state index contributed by atoms with van der Waals surface area (Å²) in [6.45, 7) is 0. The zero-order valence-electron chi connectivity index (χ0n) is 14.6. The molecule has 1 amide bonds. The van der Waals surface area contributed by atoms with Crippen LogP contribution in [0.1, 0.15) is 5.56 Å². The van der Waals surface area contributed by atoms with Gasteiger partial charge in [-0.2, -0.15) is 5.10 Å². The lowest BCUT2D eigenvalue weighted by atomic mass is 10.2. The van der Waals surface area contributed by atoms with Crippen molar-refractivity contribution in [3.05, 3.63) is 46.4 Å². The molecule has 0 aliphatic heterocycles. The predicted molar refractivity (Wildman–Crippen MR) is 113 cm³/mol. The minimum absolute atomic E-state index is 0.206. The van der Waals surface area contributed by atoms with Crippen LogP contribution in [-0.4, -0.2) is 37.1 Å². The highest BCUT2D eigenvalue weighted by atomic mass is 79.9. The average Bonchev–Trinajstić information content (AvgIpc) is 3.09. The minimum Gasteiger partial charge on any atom is -0.496 e. The highest BCUT2D eigenvalue weighted by Crippen LogP contribution is 2.32. The summed E-state index contributed by atoms with van der Waals surface area (Å²) in [5, 5.41) is 4.01. The normalized spacial score (nSPS) is 11.1. The molecular weight excluding hydrogens is 450 g/mol. The molecule has 3 rings (SSSR count). The summed E-state index contributed by atoms with van der Waals surface area (Å²) in [5.74, 6) is 1.28. The van der Waals surface area contributed by atoms with Gasteiger partial charge in [-0.05, 0) is 34.1 Å². The number of benzene rings is 2. The number of ether oxygens (including phenoxy) is 2. The molecule has 0 bridgehead atoms. The van der Waals surface area contributed by atoms with Crippen molar-refractivity contribution in [2.45, 2.75) is 4.34 Å². The van der Waals surface area contributed by atoms with E-state index in [1.54, 1.807) is 31.6 Å². The third-order valence-electron chi connectivity index (χ3n) is 3.50. The van der Waals surface area contributed by atoms with E-state index >= 15 is 0 Å². The van der Waals surface area contributed by atoms with Gasteiger partial charge in [0, 0.05) is 11.6 Å². The van der Waals surface area contributed by atoms with E-state index in [1.165, 1.54) is 18.0 Å². The molecule has 0 radical (unpaired) electrons. The highest BCUT2D eigenvalue weighted by molar-refractivity contribution is 9.10. The van der Waals surface area contributed by atoms with Crippen LogP contribution in [0.25, 0.3) is 10.2 Å². The Labute approximate surface area is 173 Å². The van der Waals surface area contributed by atoms with Crippen LogP contribution in [0.3, 0.4) is 0 Å². The predicted octanol–water partition coefficient (Wildman–Crippen LogP) is 4.32. The average molecular weight is 466 g/mol. The van der Waals surface area contributed by atoms with Gasteiger partial charge in [-0.25, -0.2) is 10.4 Å². The van der Waals surface area contributed by atoms with Crippen LogP contribution in [0.5, 0.6) is 11.5 Å². The Morgan fingerprint density at radius 1 is 1.30 bits per heavy atom. The Kier molecular flexibility index (Phi) is 6.70. The molecule has 0 saturated carbocycles. The number of thiazole rings is 1. The van der Waals surface area contributed by atoms with E-state index in [2.05, 4.69) is 31.4 Å². The van der Waals surface area contributed by atoms with Crippen molar-refractivity contribution in [1.29, 1.82) is 0 Å². The number of carbonyl (C=O) groups is 1. The highest BCUT2D eigenvalue weighted by Gasteiger charge is 2.09. The number of rotatable bonds is 7. The van der Waals surface area contributed by atoms with Crippen molar-refractivity contribution < 1.29 is 14.3 Å². The Bertz CT molecular complexity index is 958. The van der Waals surface area contributed by atoms with Crippen LogP contribution >= 0.6 is 39.0 Å². The van der Waals surface area contributed by atoms with Gasteiger partial charge in [0.1, 0.15) is 11.5 Å². The maximum absolute atomic E-state index is 12.0. The van der Waals surface area contributed by atoms with Gasteiger partial charge in [-0.3, -0.25) is 4.79 Å². The van der Waals surface area contributed by atoms with Crippen molar-refractivity contribution in [2.24, 2.45) is 5.10 Å². The summed E-state index contributed by atoms with van der Waals surface area (Å²) in [6.07, 6.45) is 1.53. The molecule has 140 valence electrons. The first-order chi connectivity index (χ1) is 13.1. The largest absolute Gasteiger partial charge is 0.496 e. The molecule has 2 aromatic carbocycles. The maximum atomic E-state index is 12.0. The molecule has 0 aliphatic carbocycles. The van der Waals surface area contributed by atoms with E-state index in [-0.39, 0.29) is 11.7 Å². The Morgan fingerprint density at radius 3 is 2.81 bits per heavy atom. The standard InChI is InChI=1S/C18H16BrN3O3S2/c1-24-14-8-15(25-2)12(19)7-11(14)9-20-22-17(23)10-26-18-21-13-5-3-4-6-16(13)27-18/h3-9H,10H2,1-2H3,(H,22,23)/b20-9-. The van der Waals surface area contributed by atoms with Gasteiger partial charge >= 0.3 is 0 Å². The summed E-state index contributed by atoms with van der Waals surface area (Å²) in [6, 6.07) is 11.5. The molecular formula is C18H16BrN3O3S2. The van der Waals surface area contributed by atoms with E-state index < -0.39 is 0 Å². The lowest BCUT2D eigenvalue weighted by molar-refractivity contribution is -0.118. The molecule has 3 aromatic rings. The van der Waals surface area contributed by atoms with E-state index in [0.29, 0.717) is 17.1 Å². The summed E-state index contributed by atoms with van der Waals surface area (Å²) in [7, 11) is 3.14. The van der Waals surface area contributed by atoms with Crippen LogP contribution < -0.4 is 14.9 Å². The molecule has 6 nitrogen and oxygen atoms in total. The number of para-hydroxylation sites is 1. The molecule has 1 N–H and O–H groups in total. The fourth-order valence-electron chi connectivity index (χ4n) is 2.23. The molecule has 1 aromatic heterocycles. The summed E-state index contributed by atoms with van der Waals surface area (Å²) in [4.78, 5) is 16.5. The van der Waals surface area contributed by atoms with Crippen LogP contribution in [0, 0.1) is 0 Å². The molecule has 1 heterocycles. The Hall–Kier alpha value is -2.10. The SMILES string of the molecule is COc1cc(OC)c(/C=N\NC(=O)CSc2nc3ccccc3s2)cc1Br. The van der Waals surface area contributed by atoms with Crippen LogP contribution in [0.2, 0.25) is 0 Å². The lowest BCUT2D eigenvalue weighted by Crippen LogP contribution is -2.19. The van der Waals surface area contributed by atoms with Gasteiger partial charge in [0.2, 0.25) is 0 Å². The summed E-state index contributed by atoms with van der Waals surface area (Å²) < 4.78 is 13.3. The first-order valence-corrected chi connectivity index (χ1v) is 10.4. The number of nitrogens with zero attached hydrogens (tertiary/aromatic N) is 2. The van der Waals surface area contributed by atoms with Crippen molar-refractivity contribution in [2.75, 3.05) is 20.0 Å². The van der Waals surface area contributed by atoms with Gasteiger partial charge in [0.05, 0.1) is 40.9 Å². The number of halogens is 1. The quantitative estimate of drug-likeness (QED) is 0.319. The van der Waals surface area contributed by atoms with Crippen LogP contribution in [0.15, 0.2) is 50.3 Å². The second kappa shape index (κ2) is 9.20. The van der Waals surface area contributed by atoms with E-state index in [4.69, 9.17) is 9.47 Å². The van der Waals surface area contributed by atoms with Gasteiger partial charge in [0.25, 0.3) is 5.91 Å². The number of thioether (sulfide) groups is 1. The Balaban J connectivity index is 1.57. The first-order valence-electron chi connectivity index (χ1n) is 7.82. The zero-order valence-corrected chi connectivity index (χ0v) is 17.8. The second-order valence-corrected chi connectivity index (χ2v) is 8.37. The number of nitrogens with one attached hydrogen (secondary N) is 1. The number of amides is 1. The van der Waals surface area contributed by atoms with Gasteiger partial charge in [-0.15, -0.1) is 11.3 Å². The monoisotopic (exact) mass is 465 g/mol. The molecule has 0 fully saturated rings. The molecule has 0 spiro atoms. The smallest absolute Gasteiger partial charge is 0.250 e. The number of fused-ring (bicyclic) bond motifs is 1. The minimum atomic E-state index is -0.206. The number of aromatic nitrogens is 1. The molecule has 27 heavy (non-hydrogen) atoms. The van der Waals surface area contributed by atoms with Crippen molar-refractivity contribution in [3.63, 3.8) is 0 Å². The molecule has 0 saturated heterocycles. The third kappa shape index (κ3) is 5.00. The Morgan fingerprint density at radius 2 is 2.07 bits per heavy atom. The maximum Gasteiger partial charge on any atom is 0.250 e. The van der Waals surface area contributed by atoms with Crippen LogP contribution in [-0.2, 0) is 4.79 Å². The van der Waals surface area contributed by atoms with Gasteiger partial charge in [0.15, 0.2) is 4.34 Å². The fourth-order valence-corrected chi connectivity index (χ4v) is 4.61. The lowest BCUT2D eigenvalue weighted by Gasteiger charge is -2.09. The second-order valence-electron chi connectivity index (χ2n) is 5.26. The molecule has 0 atom stereocenters. The van der Waals surface area contributed by atoms with E-state index in [0.717, 1.165) is 19.0 Å². The molecule has 0 aliphatic rings. The van der Waals surface area contributed by atoms with Crippen molar-refractivity contribution in [1.82, 2.24) is 10.4 Å². The van der Waals surface area contributed by atoms with Crippen molar-refractivity contribution in [3.8, 4) is 11.5 Å². The van der Waals surface area contributed by atoms with Crippen molar-refractivity contribution >= 4 is 61.4 Å². The number of hydrazone groups is 1. The fraction of sp³-hybridized carbons (Fsp3) is 0.167. The molecule has 9 heteroatoms. The number of hydrogen-bond donors (Lipinski definition) is 1. The van der Waals surface area contributed by atoms with E-state index in [1.807, 2.05) is 30.3 Å². The number of carbonyl (C=O) groups excluding carboxylic acids is 1. The van der Waals surface area contributed by atoms with Gasteiger partial charge in [-0.1, -0.05) is 23.9 Å². The summed E-state index contributed by atoms with van der Waals surface area (Å²) in [5.41, 5.74) is 4.18.